The van der Waals surface area contributed by atoms with Crippen LogP contribution in [-0.2, 0) is 6.54 Å². The van der Waals surface area contributed by atoms with Gasteiger partial charge in [0, 0.05) is 13.1 Å². The molecule has 0 amide bonds. The van der Waals surface area contributed by atoms with Crippen molar-refractivity contribution < 1.29 is 0 Å². The van der Waals surface area contributed by atoms with Gasteiger partial charge in [0.1, 0.15) is 5.82 Å². The third-order valence-corrected chi connectivity index (χ3v) is 3.37. The van der Waals surface area contributed by atoms with Crippen LogP contribution in [0, 0.1) is 18.3 Å². The number of terminal acetylenes is 1. The lowest BCUT2D eigenvalue weighted by molar-refractivity contribution is 0.742. The molecule has 0 aliphatic heterocycles. The van der Waals surface area contributed by atoms with Gasteiger partial charge in [-0.1, -0.05) is 17.5 Å². The molecule has 1 aliphatic rings. The van der Waals surface area contributed by atoms with Gasteiger partial charge in [-0.05, 0) is 37.9 Å². The van der Waals surface area contributed by atoms with Crippen LogP contribution in [0.25, 0.3) is 0 Å². The van der Waals surface area contributed by atoms with Gasteiger partial charge in [0.05, 0.1) is 17.3 Å². The fraction of sp³-hybridized carbons (Fsp3) is 0.500. The van der Waals surface area contributed by atoms with Gasteiger partial charge < -0.3 is 10.2 Å². The van der Waals surface area contributed by atoms with E-state index in [0.29, 0.717) is 18.1 Å². The normalized spacial score (nSPS) is 14.3. The number of nitrogens with one attached hydrogen (secondary N) is 1. The Hall–Kier alpha value is -1.24. The van der Waals surface area contributed by atoms with E-state index >= 15 is 0 Å². The average molecular weight is 264 g/mol. The maximum absolute atomic E-state index is 6.11. The largest absolute Gasteiger partial charge is 0.345 e. The summed E-state index contributed by atoms with van der Waals surface area (Å²) in [6.07, 6.45) is 8.04. The van der Waals surface area contributed by atoms with Crippen LogP contribution in [0.4, 0.5) is 5.82 Å². The second-order valence-electron chi connectivity index (χ2n) is 4.66. The van der Waals surface area contributed by atoms with Crippen molar-refractivity contribution in [3.63, 3.8) is 0 Å². The van der Waals surface area contributed by atoms with Crippen molar-refractivity contribution in [3.8, 4) is 12.3 Å². The van der Waals surface area contributed by atoms with Crippen LogP contribution in [0.1, 0.15) is 18.5 Å². The van der Waals surface area contributed by atoms with Crippen molar-refractivity contribution in [1.29, 1.82) is 0 Å². The molecule has 1 heterocycles. The van der Waals surface area contributed by atoms with Crippen molar-refractivity contribution in [2.75, 3.05) is 25.0 Å². The standard InChI is InChI=1S/C14H18ClN3/c1-3-8-18(10-11-4-5-11)14-7-6-12(15)13(17-14)9-16-2/h1,6-7,11,16H,4-5,8-10H2,2H3. The molecule has 0 bridgehead atoms. The lowest BCUT2D eigenvalue weighted by Gasteiger charge is -2.22. The fourth-order valence-electron chi connectivity index (χ4n) is 1.90. The van der Waals surface area contributed by atoms with Crippen molar-refractivity contribution in [2.45, 2.75) is 19.4 Å². The van der Waals surface area contributed by atoms with Crippen molar-refractivity contribution in [2.24, 2.45) is 5.92 Å². The summed E-state index contributed by atoms with van der Waals surface area (Å²) in [5.74, 6) is 4.41. The topological polar surface area (TPSA) is 28.2 Å². The first-order chi connectivity index (χ1) is 8.74. The molecule has 2 rings (SSSR count). The molecule has 1 aromatic rings. The minimum absolute atomic E-state index is 0.601. The molecule has 1 N–H and O–H groups in total. The van der Waals surface area contributed by atoms with E-state index < -0.39 is 0 Å². The highest BCUT2D eigenvalue weighted by Gasteiger charge is 2.24. The van der Waals surface area contributed by atoms with Crippen LogP contribution >= 0.6 is 11.6 Å². The van der Waals surface area contributed by atoms with Gasteiger partial charge in [0.2, 0.25) is 0 Å². The molecule has 3 nitrogen and oxygen atoms in total. The van der Waals surface area contributed by atoms with Gasteiger partial charge in [0.25, 0.3) is 0 Å². The van der Waals surface area contributed by atoms with Crippen LogP contribution in [0.15, 0.2) is 12.1 Å². The summed E-state index contributed by atoms with van der Waals surface area (Å²) in [6.45, 7) is 2.27. The zero-order chi connectivity index (χ0) is 13.0. The molecule has 0 unspecified atom stereocenters. The number of hydrogen-bond acceptors (Lipinski definition) is 3. The molecule has 1 aliphatic carbocycles. The Labute approximate surface area is 114 Å². The molecule has 0 atom stereocenters. The third-order valence-electron chi connectivity index (χ3n) is 3.03. The van der Waals surface area contributed by atoms with Gasteiger partial charge in [-0.25, -0.2) is 4.98 Å². The first kappa shape index (κ1) is 13.2. The second kappa shape index (κ2) is 6.08. The molecule has 0 aromatic carbocycles. The first-order valence-corrected chi connectivity index (χ1v) is 6.60. The van der Waals surface area contributed by atoms with Gasteiger partial charge in [-0.15, -0.1) is 6.42 Å². The van der Waals surface area contributed by atoms with Gasteiger partial charge in [0.15, 0.2) is 0 Å². The molecule has 18 heavy (non-hydrogen) atoms. The summed E-state index contributed by atoms with van der Waals surface area (Å²) >= 11 is 6.11. The molecule has 1 aromatic heterocycles. The molecule has 1 saturated carbocycles. The molecule has 96 valence electrons. The van der Waals surface area contributed by atoms with Crippen LogP contribution in [0.2, 0.25) is 5.02 Å². The molecule has 0 saturated heterocycles. The van der Waals surface area contributed by atoms with E-state index in [4.69, 9.17) is 18.0 Å². The Bertz CT molecular complexity index is 449. The number of hydrogen-bond donors (Lipinski definition) is 1. The summed E-state index contributed by atoms with van der Waals surface area (Å²) in [6, 6.07) is 3.84. The van der Waals surface area contributed by atoms with E-state index in [1.54, 1.807) is 0 Å². The first-order valence-electron chi connectivity index (χ1n) is 6.23. The quantitative estimate of drug-likeness (QED) is 0.799. The van der Waals surface area contributed by atoms with Gasteiger partial charge in [-0.2, -0.15) is 0 Å². The van der Waals surface area contributed by atoms with E-state index in [9.17, 15) is 0 Å². The Morgan fingerprint density at radius 1 is 1.56 bits per heavy atom. The molecule has 1 fully saturated rings. The van der Waals surface area contributed by atoms with Crippen molar-refractivity contribution >= 4 is 17.4 Å². The van der Waals surface area contributed by atoms with Gasteiger partial charge >= 0.3 is 0 Å². The monoisotopic (exact) mass is 263 g/mol. The summed E-state index contributed by atoms with van der Waals surface area (Å²) in [5, 5.41) is 3.76. The van der Waals surface area contributed by atoms with Crippen LogP contribution in [0.3, 0.4) is 0 Å². The number of aromatic nitrogens is 1. The molecular formula is C14H18ClN3. The summed E-state index contributed by atoms with van der Waals surface area (Å²) in [4.78, 5) is 6.76. The zero-order valence-corrected chi connectivity index (χ0v) is 11.4. The van der Waals surface area contributed by atoms with E-state index in [-0.39, 0.29) is 0 Å². The predicted molar refractivity (Wildman–Crippen MR) is 75.8 cm³/mol. The maximum atomic E-state index is 6.11. The highest BCUT2D eigenvalue weighted by Crippen LogP contribution is 2.31. The second-order valence-corrected chi connectivity index (χ2v) is 5.06. The lowest BCUT2D eigenvalue weighted by atomic mass is 10.3. The Morgan fingerprint density at radius 2 is 2.33 bits per heavy atom. The fourth-order valence-corrected chi connectivity index (χ4v) is 2.07. The third kappa shape index (κ3) is 3.38. The zero-order valence-electron chi connectivity index (χ0n) is 10.6. The smallest absolute Gasteiger partial charge is 0.129 e. The average Bonchev–Trinajstić information content (AvgIpc) is 3.16. The Morgan fingerprint density at radius 3 is 2.94 bits per heavy atom. The lowest BCUT2D eigenvalue weighted by Crippen LogP contribution is -2.27. The minimum Gasteiger partial charge on any atom is -0.345 e. The van der Waals surface area contributed by atoms with E-state index in [1.807, 2.05) is 19.2 Å². The van der Waals surface area contributed by atoms with Crippen molar-refractivity contribution in [1.82, 2.24) is 10.3 Å². The summed E-state index contributed by atoms with van der Waals surface area (Å²) in [5.41, 5.74) is 0.870. The summed E-state index contributed by atoms with van der Waals surface area (Å²) < 4.78 is 0. The summed E-state index contributed by atoms with van der Waals surface area (Å²) in [7, 11) is 1.88. The predicted octanol–water partition coefficient (Wildman–Crippen LogP) is 2.30. The SMILES string of the molecule is C#CCN(CC1CC1)c1ccc(Cl)c(CNC)n1. The molecule has 0 spiro atoms. The number of rotatable bonds is 6. The maximum Gasteiger partial charge on any atom is 0.129 e. The molecule has 4 heteroatoms. The number of halogens is 1. The minimum atomic E-state index is 0.601. The van der Waals surface area contributed by atoms with E-state index in [1.165, 1.54) is 12.8 Å². The molecular weight excluding hydrogens is 246 g/mol. The van der Waals surface area contributed by atoms with Crippen LogP contribution in [0.5, 0.6) is 0 Å². The number of pyridine rings is 1. The highest BCUT2D eigenvalue weighted by molar-refractivity contribution is 6.31. The van der Waals surface area contributed by atoms with E-state index in [0.717, 1.165) is 24.0 Å². The Kier molecular flexibility index (Phi) is 4.46. The van der Waals surface area contributed by atoms with Crippen LogP contribution < -0.4 is 10.2 Å². The number of anilines is 1. The van der Waals surface area contributed by atoms with Crippen LogP contribution in [-0.4, -0.2) is 25.1 Å². The van der Waals surface area contributed by atoms with Crippen molar-refractivity contribution in [3.05, 3.63) is 22.8 Å². The number of nitrogens with zero attached hydrogens (tertiary/aromatic N) is 2. The highest BCUT2D eigenvalue weighted by atomic mass is 35.5. The van der Waals surface area contributed by atoms with Gasteiger partial charge in [-0.3, -0.25) is 0 Å². The Balaban J connectivity index is 2.17. The van der Waals surface area contributed by atoms with E-state index in [2.05, 4.69) is 21.1 Å². The molecule has 0 radical (unpaired) electrons.